The number of rotatable bonds is 10. The van der Waals surface area contributed by atoms with E-state index in [9.17, 15) is 9.59 Å². The molecule has 8 nitrogen and oxygen atoms in total. The highest BCUT2D eigenvalue weighted by Gasteiger charge is 2.28. The zero-order valence-electron chi connectivity index (χ0n) is 23.2. The van der Waals surface area contributed by atoms with E-state index in [2.05, 4.69) is 0 Å². The summed E-state index contributed by atoms with van der Waals surface area (Å²) in [7, 11) is 0. The molecule has 3 aliphatic rings. The van der Waals surface area contributed by atoms with Crippen LogP contribution >= 0.6 is 0 Å². The van der Waals surface area contributed by atoms with Crippen molar-refractivity contribution in [1.82, 2.24) is 0 Å². The van der Waals surface area contributed by atoms with E-state index in [4.69, 9.17) is 28.4 Å². The number of hydrogen-bond acceptors (Lipinski definition) is 8. The monoisotopic (exact) mass is 568 g/mol. The molecule has 0 bridgehead atoms. The maximum Gasteiger partial charge on any atom is 0.338 e. The molecule has 0 spiro atoms. The van der Waals surface area contributed by atoms with Crippen LogP contribution in [-0.4, -0.2) is 62.8 Å². The van der Waals surface area contributed by atoms with Crippen molar-refractivity contribution in [2.45, 2.75) is 50.1 Å². The van der Waals surface area contributed by atoms with Gasteiger partial charge < -0.3 is 28.4 Å². The Balaban J connectivity index is 0.894. The molecule has 8 heteroatoms. The number of hydrogen-bond donors (Lipinski definition) is 0. The third kappa shape index (κ3) is 6.50. The van der Waals surface area contributed by atoms with E-state index in [0.29, 0.717) is 50.0 Å². The van der Waals surface area contributed by atoms with Gasteiger partial charge in [0.1, 0.15) is 49.1 Å². The van der Waals surface area contributed by atoms with Gasteiger partial charge >= 0.3 is 11.9 Å². The summed E-state index contributed by atoms with van der Waals surface area (Å²) < 4.78 is 33.5. The molecular weight excluding hydrogens is 536 g/mol. The first-order valence-electron chi connectivity index (χ1n) is 14.5. The fourth-order valence-corrected chi connectivity index (χ4v) is 5.29. The topological polar surface area (TPSA) is 96.1 Å². The molecule has 0 N–H and O–H groups in total. The van der Waals surface area contributed by atoms with Gasteiger partial charge in [0.25, 0.3) is 0 Å². The Morgan fingerprint density at radius 1 is 0.571 bits per heavy atom. The summed E-state index contributed by atoms with van der Waals surface area (Å²) in [4.78, 5) is 25.8. The van der Waals surface area contributed by atoms with Crippen molar-refractivity contribution in [3.8, 4) is 11.5 Å². The van der Waals surface area contributed by atoms with E-state index < -0.39 is 0 Å². The summed E-state index contributed by atoms with van der Waals surface area (Å²) >= 11 is 0. The summed E-state index contributed by atoms with van der Waals surface area (Å²) in [6.45, 7) is 2.61. The molecule has 2 aliphatic heterocycles. The Labute approximate surface area is 243 Å². The molecule has 2 atom stereocenters. The largest absolute Gasteiger partial charge is 0.491 e. The third-order valence-electron chi connectivity index (χ3n) is 7.94. The number of fused-ring (bicyclic) bond motifs is 2. The standard InChI is InChI=1S/C34H32O8/c35-33(25-3-1-23-15-29(7-5-21(23)13-25)37-17-31-19-39-31)41-27-9-11-28(12-10-27)42-34(36)26-4-2-24-16-30(8-6-22(24)14-26)38-18-32-20-40-32/h1-8,13-16,27-28,31-32H,9-12,17-20H2. The van der Waals surface area contributed by atoms with Gasteiger partial charge in [0.15, 0.2) is 0 Å². The average molecular weight is 569 g/mol. The average Bonchev–Trinajstić information content (AvgIpc) is 3.95. The van der Waals surface area contributed by atoms with E-state index in [0.717, 1.165) is 46.3 Å². The van der Waals surface area contributed by atoms with Crippen LogP contribution in [0.25, 0.3) is 21.5 Å². The second kappa shape index (κ2) is 11.6. The summed E-state index contributed by atoms with van der Waals surface area (Å²) in [6.07, 6.45) is 2.59. The molecule has 42 heavy (non-hydrogen) atoms. The van der Waals surface area contributed by atoms with Gasteiger partial charge in [0.05, 0.1) is 24.3 Å². The van der Waals surface area contributed by atoms with Crippen LogP contribution in [0.15, 0.2) is 72.8 Å². The minimum absolute atomic E-state index is 0.201. The fourth-order valence-electron chi connectivity index (χ4n) is 5.29. The Morgan fingerprint density at radius 2 is 0.952 bits per heavy atom. The number of epoxide rings is 2. The van der Waals surface area contributed by atoms with Gasteiger partial charge in [0, 0.05) is 0 Å². The van der Waals surface area contributed by atoms with E-state index in [1.165, 1.54) is 0 Å². The van der Waals surface area contributed by atoms with Crippen molar-refractivity contribution >= 4 is 33.5 Å². The predicted octanol–water partition coefficient (Wildman–Crippen LogP) is 5.87. The van der Waals surface area contributed by atoms with Gasteiger partial charge in [-0.3, -0.25) is 0 Å². The third-order valence-corrected chi connectivity index (χ3v) is 7.94. The van der Waals surface area contributed by atoms with Crippen molar-refractivity contribution in [3.63, 3.8) is 0 Å². The second-order valence-corrected chi connectivity index (χ2v) is 11.2. The SMILES string of the molecule is O=C(OC1CCC(OC(=O)c2ccc3cc(OCC4CO4)ccc3c2)CC1)c1ccc2cc(OCC3CO3)ccc2c1. The van der Waals surface area contributed by atoms with Gasteiger partial charge in [-0.1, -0.05) is 24.3 Å². The Hall–Kier alpha value is -4.14. The molecule has 0 aromatic heterocycles. The highest BCUT2D eigenvalue weighted by molar-refractivity contribution is 5.96. The smallest absolute Gasteiger partial charge is 0.338 e. The predicted molar refractivity (Wildman–Crippen MR) is 155 cm³/mol. The molecule has 3 fully saturated rings. The van der Waals surface area contributed by atoms with Crippen LogP contribution in [-0.2, 0) is 18.9 Å². The van der Waals surface area contributed by atoms with Gasteiger partial charge in [-0.2, -0.15) is 0 Å². The molecule has 1 saturated carbocycles. The van der Waals surface area contributed by atoms with Crippen LogP contribution in [0.5, 0.6) is 11.5 Å². The normalized spacial score (nSPS) is 22.9. The molecule has 1 aliphatic carbocycles. The molecule has 4 aromatic rings. The quantitative estimate of drug-likeness (QED) is 0.173. The molecule has 2 unspecified atom stereocenters. The van der Waals surface area contributed by atoms with Crippen molar-refractivity contribution in [3.05, 3.63) is 83.9 Å². The van der Waals surface area contributed by atoms with Crippen molar-refractivity contribution in [1.29, 1.82) is 0 Å². The van der Waals surface area contributed by atoms with Gasteiger partial charge in [-0.25, -0.2) is 9.59 Å². The minimum Gasteiger partial charge on any atom is -0.491 e. The number of esters is 2. The molecule has 0 radical (unpaired) electrons. The molecule has 0 amide bonds. The number of benzene rings is 4. The lowest BCUT2D eigenvalue weighted by Crippen LogP contribution is -2.29. The summed E-state index contributed by atoms with van der Waals surface area (Å²) in [5.41, 5.74) is 1.03. The van der Waals surface area contributed by atoms with Gasteiger partial charge in [-0.05, 0) is 95.8 Å². The second-order valence-electron chi connectivity index (χ2n) is 11.2. The first-order valence-corrected chi connectivity index (χ1v) is 14.5. The number of ether oxygens (including phenoxy) is 6. The minimum atomic E-state index is -0.339. The van der Waals surface area contributed by atoms with E-state index in [1.54, 1.807) is 12.1 Å². The number of carbonyl (C=O) groups is 2. The van der Waals surface area contributed by atoms with Crippen LogP contribution in [0.3, 0.4) is 0 Å². The molecule has 2 saturated heterocycles. The Kier molecular flexibility index (Phi) is 7.40. The van der Waals surface area contributed by atoms with Crippen LogP contribution in [0, 0.1) is 0 Å². The zero-order valence-corrected chi connectivity index (χ0v) is 23.2. The lowest BCUT2D eigenvalue weighted by atomic mass is 9.94. The molecular formula is C34H32O8. The van der Waals surface area contributed by atoms with Crippen molar-refractivity contribution in [2.24, 2.45) is 0 Å². The first kappa shape index (κ1) is 26.7. The highest BCUT2D eigenvalue weighted by Crippen LogP contribution is 2.28. The summed E-state index contributed by atoms with van der Waals surface area (Å²) in [6, 6.07) is 22.7. The van der Waals surface area contributed by atoms with Crippen LogP contribution < -0.4 is 9.47 Å². The van der Waals surface area contributed by atoms with Gasteiger partial charge in [-0.15, -0.1) is 0 Å². The lowest BCUT2D eigenvalue weighted by Gasteiger charge is -2.28. The molecule has 2 heterocycles. The Morgan fingerprint density at radius 3 is 1.36 bits per heavy atom. The zero-order chi connectivity index (χ0) is 28.5. The summed E-state index contributed by atoms with van der Waals surface area (Å²) in [5.74, 6) is 0.889. The molecule has 4 aromatic carbocycles. The maximum absolute atomic E-state index is 12.9. The number of carbonyl (C=O) groups excluding carboxylic acids is 2. The van der Waals surface area contributed by atoms with Crippen LogP contribution in [0.4, 0.5) is 0 Å². The fraction of sp³-hybridized carbons (Fsp3) is 0.353. The Bertz CT molecular complexity index is 1490. The van der Waals surface area contributed by atoms with Gasteiger partial charge in [0.2, 0.25) is 0 Å². The molecule has 7 rings (SSSR count). The van der Waals surface area contributed by atoms with Crippen LogP contribution in [0.1, 0.15) is 46.4 Å². The van der Waals surface area contributed by atoms with E-state index in [1.807, 2.05) is 60.7 Å². The van der Waals surface area contributed by atoms with E-state index >= 15 is 0 Å². The first-order chi connectivity index (χ1) is 20.6. The molecule has 216 valence electrons. The van der Waals surface area contributed by atoms with Crippen LogP contribution in [0.2, 0.25) is 0 Å². The van der Waals surface area contributed by atoms with Crippen molar-refractivity contribution < 1.29 is 38.0 Å². The van der Waals surface area contributed by atoms with Crippen molar-refractivity contribution in [2.75, 3.05) is 26.4 Å². The summed E-state index contributed by atoms with van der Waals surface area (Å²) in [5, 5.41) is 3.88. The lowest BCUT2D eigenvalue weighted by molar-refractivity contribution is -0.0108. The van der Waals surface area contributed by atoms with E-state index in [-0.39, 0.29) is 36.4 Å². The highest BCUT2D eigenvalue weighted by atomic mass is 16.6. The maximum atomic E-state index is 12.9.